The van der Waals surface area contributed by atoms with Crippen molar-refractivity contribution in [2.24, 2.45) is 0 Å². The highest BCUT2D eigenvalue weighted by molar-refractivity contribution is 6.30. The summed E-state index contributed by atoms with van der Waals surface area (Å²) in [5.74, 6) is 1.27. The van der Waals surface area contributed by atoms with Gasteiger partial charge in [-0.05, 0) is 67.1 Å². The molecule has 0 aliphatic rings. The molecule has 0 fully saturated rings. The van der Waals surface area contributed by atoms with Crippen LogP contribution in [0.25, 0.3) is 0 Å². The van der Waals surface area contributed by atoms with Crippen LogP contribution in [0.3, 0.4) is 0 Å². The Morgan fingerprint density at radius 2 is 1.46 bits per heavy atom. The van der Waals surface area contributed by atoms with Crippen molar-refractivity contribution in [2.75, 3.05) is 5.32 Å². The van der Waals surface area contributed by atoms with E-state index in [4.69, 9.17) is 16.3 Å². The van der Waals surface area contributed by atoms with Crippen LogP contribution in [0, 0.1) is 6.92 Å². The van der Waals surface area contributed by atoms with Crippen molar-refractivity contribution >= 4 is 23.2 Å². The van der Waals surface area contributed by atoms with Gasteiger partial charge in [-0.25, -0.2) is 0 Å². The Kier molecular flexibility index (Phi) is 4.82. The Balaban J connectivity index is 1.67. The summed E-state index contributed by atoms with van der Waals surface area (Å²) in [4.78, 5) is 12.3. The van der Waals surface area contributed by atoms with Gasteiger partial charge >= 0.3 is 0 Å². The summed E-state index contributed by atoms with van der Waals surface area (Å²) >= 11 is 5.85. The molecule has 1 amide bonds. The molecule has 0 bridgehead atoms. The standard InChI is InChI=1S/C20H16ClNO2/c1-14-4-2-3-5-19(14)20(23)22-16-8-12-18(13-9-16)24-17-10-6-15(21)7-11-17/h2-13H,1H3,(H,22,23). The minimum Gasteiger partial charge on any atom is -0.457 e. The maximum absolute atomic E-state index is 12.3. The maximum Gasteiger partial charge on any atom is 0.255 e. The van der Waals surface area contributed by atoms with Crippen LogP contribution in [0.15, 0.2) is 72.8 Å². The van der Waals surface area contributed by atoms with Gasteiger partial charge in [0.05, 0.1) is 0 Å². The number of carbonyl (C=O) groups is 1. The van der Waals surface area contributed by atoms with Gasteiger partial charge in [-0.15, -0.1) is 0 Å². The first-order chi connectivity index (χ1) is 11.6. The van der Waals surface area contributed by atoms with E-state index in [1.807, 2.05) is 43.3 Å². The number of hydrogen-bond donors (Lipinski definition) is 1. The van der Waals surface area contributed by atoms with Gasteiger partial charge in [0.2, 0.25) is 0 Å². The number of hydrogen-bond acceptors (Lipinski definition) is 2. The molecule has 0 radical (unpaired) electrons. The summed E-state index contributed by atoms with van der Waals surface area (Å²) < 4.78 is 5.73. The zero-order valence-electron chi connectivity index (χ0n) is 13.1. The highest BCUT2D eigenvalue weighted by atomic mass is 35.5. The number of aryl methyl sites for hydroxylation is 1. The molecule has 0 atom stereocenters. The van der Waals surface area contributed by atoms with E-state index in [1.54, 1.807) is 36.4 Å². The van der Waals surface area contributed by atoms with E-state index in [2.05, 4.69) is 5.32 Å². The molecule has 0 aromatic heterocycles. The van der Waals surface area contributed by atoms with Crippen molar-refractivity contribution in [3.8, 4) is 11.5 Å². The highest BCUT2D eigenvalue weighted by Gasteiger charge is 2.08. The monoisotopic (exact) mass is 337 g/mol. The summed E-state index contributed by atoms with van der Waals surface area (Å²) in [7, 11) is 0. The van der Waals surface area contributed by atoms with Crippen molar-refractivity contribution < 1.29 is 9.53 Å². The van der Waals surface area contributed by atoms with E-state index >= 15 is 0 Å². The van der Waals surface area contributed by atoms with Gasteiger partial charge in [-0.2, -0.15) is 0 Å². The fourth-order valence-corrected chi connectivity index (χ4v) is 2.40. The third-order valence-corrected chi connectivity index (χ3v) is 3.80. The van der Waals surface area contributed by atoms with E-state index in [9.17, 15) is 4.79 Å². The number of rotatable bonds is 4. The van der Waals surface area contributed by atoms with Crippen LogP contribution in [0.2, 0.25) is 5.02 Å². The first kappa shape index (κ1) is 16.1. The predicted molar refractivity (Wildman–Crippen MR) is 97.1 cm³/mol. The summed E-state index contributed by atoms with van der Waals surface area (Å²) in [6.07, 6.45) is 0. The van der Waals surface area contributed by atoms with Crippen LogP contribution in [0.5, 0.6) is 11.5 Å². The first-order valence-corrected chi connectivity index (χ1v) is 7.90. The largest absolute Gasteiger partial charge is 0.457 e. The molecule has 0 spiro atoms. The van der Waals surface area contributed by atoms with E-state index in [-0.39, 0.29) is 5.91 Å². The molecule has 0 aliphatic heterocycles. The SMILES string of the molecule is Cc1ccccc1C(=O)Nc1ccc(Oc2ccc(Cl)cc2)cc1. The molecule has 0 saturated carbocycles. The van der Waals surface area contributed by atoms with E-state index in [0.717, 1.165) is 5.56 Å². The van der Waals surface area contributed by atoms with Crippen molar-refractivity contribution in [1.29, 1.82) is 0 Å². The molecular formula is C20H16ClNO2. The lowest BCUT2D eigenvalue weighted by molar-refractivity contribution is 0.102. The van der Waals surface area contributed by atoms with Crippen LogP contribution in [0.1, 0.15) is 15.9 Å². The molecule has 1 N–H and O–H groups in total. The van der Waals surface area contributed by atoms with Crippen molar-refractivity contribution in [2.45, 2.75) is 6.92 Å². The topological polar surface area (TPSA) is 38.3 Å². The summed E-state index contributed by atoms with van der Waals surface area (Å²) in [6, 6.07) is 21.9. The zero-order valence-corrected chi connectivity index (χ0v) is 13.9. The molecule has 24 heavy (non-hydrogen) atoms. The lowest BCUT2D eigenvalue weighted by Crippen LogP contribution is -2.13. The van der Waals surface area contributed by atoms with Crippen LogP contribution in [-0.4, -0.2) is 5.91 Å². The molecule has 120 valence electrons. The second-order valence-corrected chi connectivity index (χ2v) is 5.79. The quantitative estimate of drug-likeness (QED) is 0.663. The van der Waals surface area contributed by atoms with Gasteiger partial charge in [-0.3, -0.25) is 4.79 Å². The molecule has 4 heteroatoms. The zero-order chi connectivity index (χ0) is 16.9. The lowest BCUT2D eigenvalue weighted by atomic mass is 10.1. The number of carbonyl (C=O) groups excluding carboxylic acids is 1. The van der Waals surface area contributed by atoms with Crippen LogP contribution < -0.4 is 10.1 Å². The smallest absolute Gasteiger partial charge is 0.255 e. The number of nitrogens with one attached hydrogen (secondary N) is 1. The molecule has 3 aromatic rings. The Bertz CT molecular complexity index is 842. The molecule has 0 unspecified atom stereocenters. The molecule has 3 aromatic carbocycles. The van der Waals surface area contributed by atoms with Gasteiger partial charge in [0, 0.05) is 16.3 Å². The Labute approximate surface area is 145 Å². The van der Waals surface area contributed by atoms with Crippen molar-refractivity contribution in [1.82, 2.24) is 0 Å². The van der Waals surface area contributed by atoms with Gasteiger partial charge in [0.25, 0.3) is 5.91 Å². The second kappa shape index (κ2) is 7.20. The molecular weight excluding hydrogens is 322 g/mol. The average molecular weight is 338 g/mol. The van der Waals surface area contributed by atoms with Gasteiger partial charge in [0.1, 0.15) is 11.5 Å². The normalized spacial score (nSPS) is 10.2. The average Bonchev–Trinajstić information content (AvgIpc) is 2.59. The van der Waals surface area contributed by atoms with Crippen LogP contribution in [0.4, 0.5) is 5.69 Å². The molecule has 0 aliphatic carbocycles. The molecule has 3 nitrogen and oxygen atoms in total. The lowest BCUT2D eigenvalue weighted by Gasteiger charge is -2.09. The molecule has 0 heterocycles. The number of ether oxygens (including phenoxy) is 1. The Hall–Kier alpha value is -2.78. The first-order valence-electron chi connectivity index (χ1n) is 7.52. The van der Waals surface area contributed by atoms with Gasteiger partial charge in [-0.1, -0.05) is 29.8 Å². The highest BCUT2D eigenvalue weighted by Crippen LogP contribution is 2.24. The van der Waals surface area contributed by atoms with Crippen molar-refractivity contribution in [3.63, 3.8) is 0 Å². The number of amides is 1. The van der Waals surface area contributed by atoms with E-state index < -0.39 is 0 Å². The minimum absolute atomic E-state index is 0.125. The van der Waals surface area contributed by atoms with Crippen LogP contribution >= 0.6 is 11.6 Å². The fourth-order valence-electron chi connectivity index (χ4n) is 2.27. The van der Waals surface area contributed by atoms with Gasteiger partial charge < -0.3 is 10.1 Å². The van der Waals surface area contributed by atoms with E-state index in [0.29, 0.717) is 27.8 Å². The number of halogens is 1. The summed E-state index contributed by atoms with van der Waals surface area (Å²) in [6.45, 7) is 1.91. The summed E-state index contributed by atoms with van der Waals surface area (Å²) in [5.41, 5.74) is 2.32. The maximum atomic E-state index is 12.3. The minimum atomic E-state index is -0.125. The summed E-state index contributed by atoms with van der Waals surface area (Å²) in [5, 5.41) is 3.55. The second-order valence-electron chi connectivity index (χ2n) is 5.35. The molecule has 0 saturated heterocycles. The van der Waals surface area contributed by atoms with Crippen LogP contribution in [-0.2, 0) is 0 Å². The Morgan fingerprint density at radius 1 is 0.875 bits per heavy atom. The fraction of sp³-hybridized carbons (Fsp3) is 0.0500. The molecule has 3 rings (SSSR count). The predicted octanol–water partition coefficient (Wildman–Crippen LogP) is 5.69. The third kappa shape index (κ3) is 3.94. The van der Waals surface area contributed by atoms with Crippen molar-refractivity contribution in [3.05, 3.63) is 88.9 Å². The van der Waals surface area contributed by atoms with E-state index in [1.165, 1.54) is 0 Å². The Morgan fingerprint density at radius 3 is 2.08 bits per heavy atom. The number of benzene rings is 3. The third-order valence-electron chi connectivity index (χ3n) is 3.55. The van der Waals surface area contributed by atoms with Gasteiger partial charge in [0.15, 0.2) is 0 Å². The number of anilines is 1.